The number of hydrogen-bond donors (Lipinski definition) is 0. The molecule has 0 radical (unpaired) electrons. The number of ether oxygens (including phenoxy) is 3. The molecule has 6 nitrogen and oxygen atoms in total. The van der Waals surface area contributed by atoms with Crippen LogP contribution in [-0.2, 0) is 28.6 Å². The molecule has 0 aromatic heterocycles. The first-order valence-electron chi connectivity index (χ1n) is 26.9. The van der Waals surface area contributed by atoms with Gasteiger partial charge in [0.05, 0.1) is 0 Å². The highest BCUT2D eigenvalue weighted by Gasteiger charge is 2.19. The lowest BCUT2D eigenvalue weighted by Gasteiger charge is -2.18. The van der Waals surface area contributed by atoms with Crippen molar-refractivity contribution >= 4 is 17.9 Å². The number of hydrogen-bond acceptors (Lipinski definition) is 6. The van der Waals surface area contributed by atoms with E-state index in [4.69, 9.17) is 14.2 Å². The fourth-order valence-corrected chi connectivity index (χ4v) is 8.22. The van der Waals surface area contributed by atoms with E-state index in [1.807, 2.05) is 0 Å². The van der Waals surface area contributed by atoms with E-state index in [1.54, 1.807) is 0 Å². The molecule has 0 bridgehead atoms. The molecule has 0 saturated carbocycles. The molecule has 0 aromatic rings. The van der Waals surface area contributed by atoms with Gasteiger partial charge >= 0.3 is 17.9 Å². The van der Waals surface area contributed by atoms with Crippen LogP contribution in [0, 0.1) is 5.92 Å². The predicted octanol–water partition coefficient (Wildman–Crippen LogP) is 17.5. The monoisotopic (exact) mass is 849 g/mol. The Balaban J connectivity index is 4.25. The van der Waals surface area contributed by atoms with Gasteiger partial charge in [0.1, 0.15) is 13.2 Å². The van der Waals surface area contributed by atoms with Gasteiger partial charge in [0, 0.05) is 19.3 Å². The summed E-state index contributed by atoms with van der Waals surface area (Å²) in [5.74, 6) is 0.00684. The van der Waals surface area contributed by atoms with Crippen molar-refractivity contribution in [1.29, 1.82) is 0 Å². The largest absolute Gasteiger partial charge is 0.462 e. The van der Waals surface area contributed by atoms with Crippen LogP contribution >= 0.6 is 0 Å². The molecular weight excluding hydrogens is 745 g/mol. The summed E-state index contributed by atoms with van der Waals surface area (Å²) >= 11 is 0. The van der Waals surface area contributed by atoms with Crippen molar-refractivity contribution in [3.8, 4) is 0 Å². The Morgan fingerprint density at radius 1 is 0.317 bits per heavy atom. The number of carbonyl (C=O) groups is 3. The van der Waals surface area contributed by atoms with E-state index in [2.05, 4.69) is 27.7 Å². The summed E-state index contributed by atoms with van der Waals surface area (Å²) in [4.78, 5) is 37.9. The normalized spacial score (nSPS) is 11.9. The maximum atomic E-state index is 12.8. The number of esters is 3. The second-order valence-corrected chi connectivity index (χ2v) is 19.0. The first-order chi connectivity index (χ1) is 29.4. The Morgan fingerprint density at radius 3 is 0.817 bits per heavy atom. The first-order valence-corrected chi connectivity index (χ1v) is 26.9. The van der Waals surface area contributed by atoms with Crippen molar-refractivity contribution in [3.05, 3.63) is 0 Å². The molecule has 0 aliphatic carbocycles. The van der Waals surface area contributed by atoms with Crippen LogP contribution in [0.3, 0.4) is 0 Å². The second kappa shape index (κ2) is 48.4. The molecule has 0 fully saturated rings. The molecule has 1 atom stereocenters. The van der Waals surface area contributed by atoms with Crippen molar-refractivity contribution in [2.45, 2.75) is 310 Å². The van der Waals surface area contributed by atoms with Crippen LogP contribution in [0.25, 0.3) is 0 Å². The minimum atomic E-state index is -0.760. The third kappa shape index (κ3) is 47.5. The lowest BCUT2D eigenvalue weighted by atomic mass is 10.0. The van der Waals surface area contributed by atoms with Crippen LogP contribution in [-0.4, -0.2) is 37.2 Å². The second-order valence-electron chi connectivity index (χ2n) is 19.0. The van der Waals surface area contributed by atoms with E-state index in [9.17, 15) is 14.4 Å². The number of rotatable bonds is 49. The topological polar surface area (TPSA) is 78.9 Å². The summed E-state index contributed by atoms with van der Waals surface area (Å²) in [6.45, 7) is 9.04. The van der Waals surface area contributed by atoms with Gasteiger partial charge in [-0.15, -0.1) is 0 Å². The summed E-state index contributed by atoms with van der Waals surface area (Å²) in [5.41, 5.74) is 0. The smallest absolute Gasteiger partial charge is 0.306 e. The zero-order valence-corrected chi connectivity index (χ0v) is 40.9. The summed E-state index contributed by atoms with van der Waals surface area (Å²) < 4.78 is 16.8. The fourth-order valence-electron chi connectivity index (χ4n) is 8.22. The van der Waals surface area contributed by atoms with Crippen molar-refractivity contribution in [1.82, 2.24) is 0 Å². The summed E-state index contributed by atoms with van der Waals surface area (Å²) in [6.07, 6.45) is 50.9. The molecule has 0 aliphatic heterocycles. The van der Waals surface area contributed by atoms with E-state index in [0.29, 0.717) is 19.3 Å². The molecule has 0 unspecified atom stereocenters. The third-order valence-corrected chi connectivity index (χ3v) is 12.3. The lowest BCUT2D eigenvalue weighted by molar-refractivity contribution is -0.167. The zero-order valence-electron chi connectivity index (χ0n) is 40.9. The molecule has 0 saturated heterocycles. The van der Waals surface area contributed by atoms with Gasteiger partial charge in [-0.1, -0.05) is 265 Å². The van der Waals surface area contributed by atoms with Crippen molar-refractivity contribution < 1.29 is 28.6 Å². The molecule has 0 spiro atoms. The van der Waals surface area contributed by atoms with Crippen LogP contribution < -0.4 is 0 Å². The summed E-state index contributed by atoms with van der Waals surface area (Å²) in [5, 5.41) is 0. The van der Waals surface area contributed by atoms with Crippen molar-refractivity contribution in [2.24, 2.45) is 5.92 Å². The molecular formula is C54H104O6. The van der Waals surface area contributed by atoms with E-state index in [-0.39, 0.29) is 31.1 Å². The van der Waals surface area contributed by atoms with E-state index < -0.39 is 6.10 Å². The fraction of sp³-hybridized carbons (Fsp3) is 0.944. The van der Waals surface area contributed by atoms with Crippen molar-refractivity contribution in [2.75, 3.05) is 13.2 Å². The quantitative estimate of drug-likeness (QED) is 0.0345. The molecule has 0 amide bonds. The molecule has 0 aromatic carbocycles. The van der Waals surface area contributed by atoms with E-state index in [1.165, 1.54) is 199 Å². The van der Waals surface area contributed by atoms with Crippen LogP contribution in [0.15, 0.2) is 0 Å². The van der Waals surface area contributed by atoms with Gasteiger partial charge in [-0.2, -0.15) is 0 Å². The van der Waals surface area contributed by atoms with Gasteiger partial charge in [-0.25, -0.2) is 0 Å². The average Bonchev–Trinajstić information content (AvgIpc) is 3.23. The highest BCUT2D eigenvalue weighted by atomic mass is 16.6. The Kier molecular flexibility index (Phi) is 47.2. The summed E-state index contributed by atoms with van der Waals surface area (Å²) in [6, 6.07) is 0. The minimum absolute atomic E-state index is 0.0624. The maximum Gasteiger partial charge on any atom is 0.306 e. The van der Waals surface area contributed by atoms with Gasteiger partial charge in [0.2, 0.25) is 0 Å². The third-order valence-electron chi connectivity index (χ3n) is 12.3. The van der Waals surface area contributed by atoms with Crippen LogP contribution in [0.5, 0.6) is 0 Å². The van der Waals surface area contributed by atoms with Crippen LogP contribution in [0.4, 0.5) is 0 Å². The SMILES string of the molecule is CCCCCCCCCCCCCCCCC(=O)O[C@H](COC(=O)CCCCCCCCCCCC)COC(=O)CCCCCCCCCCCCCCCCCC(C)C. The first kappa shape index (κ1) is 58.4. The van der Waals surface area contributed by atoms with E-state index in [0.717, 1.165) is 63.7 Å². The molecule has 0 rings (SSSR count). The predicted molar refractivity (Wildman–Crippen MR) is 257 cm³/mol. The Labute approximate surface area is 374 Å². The van der Waals surface area contributed by atoms with Gasteiger partial charge in [-0.3, -0.25) is 14.4 Å². The standard InChI is InChI=1S/C54H104O6/c1-5-7-9-11-13-15-17-18-23-27-31-35-39-43-47-54(57)60-51(48-58-52(55)45-41-37-33-29-16-14-12-10-8-6-2)49-59-53(56)46-42-38-34-30-26-24-21-19-20-22-25-28-32-36-40-44-50(3)4/h50-51H,5-49H2,1-4H3/t51-/m1/s1. The molecule has 356 valence electrons. The number of carbonyl (C=O) groups excluding carboxylic acids is 3. The number of unbranched alkanes of at least 4 members (excludes halogenated alkanes) is 36. The van der Waals surface area contributed by atoms with Crippen LogP contribution in [0.2, 0.25) is 0 Å². The lowest BCUT2D eigenvalue weighted by Crippen LogP contribution is -2.30. The van der Waals surface area contributed by atoms with Gasteiger partial charge < -0.3 is 14.2 Å². The maximum absolute atomic E-state index is 12.8. The minimum Gasteiger partial charge on any atom is -0.462 e. The molecule has 0 aliphatic rings. The Bertz CT molecular complexity index is 903. The Hall–Kier alpha value is -1.59. The zero-order chi connectivity index (χ0) is 43.8. The summed E-state index contributed by atoms with van der Waals surface area (Å²) in [7, 11) is 0. The van der Waals surface area contributed by atoms with E-state index >= 15 is 0 Å². The van der Waals surface area contributed by atoms with Crippen LogP contribution in [0.1, 0.15) is 304 Å². The van der Waals surface area contributed by atoms with Gasteiger partial charge in [0.25, 0.3) is 0 Å². The molecule has 60 heavy (non-hydrogen) atoms. The van der Waals surface area contributed by atoms with Gasteiger partial charge in [0.15, 0.2) is 6.10 Å². The molecule has 6 heteroatoms. The molecule has 0 N–H and O–H groups in total. The highest BCUT2D eigenvalue weighted by molar-refractivity contribution is 5.71. The average molecular weight is 849 g/mol. The van der Waals surface area contributed by atoms with Gasteiger partial charge in [-0.05, 0) is 25.2 Å². The molecule has 0 heterocycles. The Morgan fingerprint density at radius 2 is 0.550 bits per heavy atom. The van der Waals surface area contributed by atoms with Crippen molar-refractivity contribution in [3.63, 3.8) is 0 Å². The highest BCUT2D eigenvalue weighted by Crippen LogP contribution is 2.17.